The maximum absolute atomic E-state index is 14.3. The van der Waals surface area contributed by atoms with E-state index >= 15 is 0 Å². The van der Waals surface area contributed by atoms with E-state index in [4.69, 9.17) is 25.7 Å². The van der Waals surface area contributed by atoms with Crippen molar-refractivity contribution < 1.29 is 53.5 Å². The lowest BCUT2D eigenvalue weighted by Crippen LogP contribution is -2.46. The molecule has 0 saturated heterocycles. The maximum Gasteiger partial charge on any atom is 0.343 e. The second kappa shape index (κ2) is 15.0. The average Bonchev–Trinajstić information content (AvgIpc) is 3.00. The molecule has 1 atom stereocenters. The largest absolute Gasteiger partial charge is 0.491 e. The van der Waals surface area contributed by atoms with Crippen LogP contribution in [0.4, 0.5) is 5.69 Å². The number of aliphatic imine (C=N–C) groups is 1. The van der Waals surface area contributed by atoms with E-state index in [0.29, 0.717) is 24.1 Å². The predicted octanol–water partition coefficient (Wildman–Crippen LogP) is 3.19. The van der Waals surface area contributed by atoms with Crippen molar-refractivity contribution in [1.29, 1.82) is 0 Å². The number of aromatic carboxylic acids is 1. The van der Waals surface area contributed by atoms with Crippen LogP contribution in [0.15, 0.2) is 59.6 Å². The second-order valence-corrected chi connectivity index (χ2v) is 11.1. The number of amides is 1. The molecule has 1 amide bonds. The summed E-state index contributed by atoms with van der Waals surface area (Å²) >= 11 is 0. The monoisotopic (exact) mass is 662 g/mol. The van der Waals surface area contributed by atoms with Gasteiger partial charge in [-0.2, -0.15) is 0 Å². The number of hydrogen-bond donors (Lipinski definition) is 5. The molecule has 15 heteroatoms. The maximum atomic E-state index is 14.3. The minimum atomic E-state index is -1.89. The van der Waals surface area contributed by atoms with Crippen molar-refractivity contribution >= 4 is 41.4 Å². The number of carboxylic acid groups (broad SMARTS) is 3. The van der Waals surface area contributed by atoms with Crippen LogP contribution in [0.1, 0.15) is 68.9 Å². The topological polar surface area (TPSA) is 241 Å². The number of carbonyl (C=O) groups is 5. The first-order valence-corrected chi connectivity index (χ1v) is 14.7. The smallest absolute Gasteiger partial charge is 0.343 e. The van der Waals surface area contributed by atoms with Crippen LogP contribution in [0.2, 0.25) is 0 Å². The summed E-state index contributed by atoms with van der Waals surface area (Å²) in [6.45, 7) is 2.96. The van der Waals surface area contributed by atoms with E-state index in [-0.39, 0.29) is 58.2 Å². The first-order valence-electron chi connectivity index (χ1n) is 14.7. The van der Waals surface area contributed by atoms with Crippen LogP contribution in [0.3, 0.4) is 0 Å². The molecule has 0 fully saturated rings. The number of carbonyl (C=O) groups excluding carboxylic acids is 2. The van der Waals surface area contributed by atoms with Gasteiger partial charge in [0.15, 0.2) is 17.5 Å². The SMILES string of the molecule is CC(C)Oc1cc(CN(C(=O)c2cccc3c2OCCCc2cc(N=C(N)N)ccc2C(=O)O3)[C@@H](CC(=O)O)C(=O)O)cc(C(=O)O)c1. The highest BCUT2D eigenvalue weighted by atomic mass is 16.6. The fourth-order valence-corrected chi connectivity index (χ4v) is 5.10. The van der Waals surface area contributed by atoms with Crippen LogP contribution in [0.5, 0.6) is 17.2 Å². The van der Waals surface area contributed by atoms with Crippen LogP contribution in [-0.4, -0.2) is 74.7 Å². The number of nitrogens with zero attached hydrogens (tertiary/aromatic N) is 2. The number of benzene rings is 3. The molecule has 7 N–H and O–H groups in total. The zero-order valence-corrected chi connectivity index (χ0v) is 26.0. The molecule has 1 aliphatic heterocycles. The molecule has 0 spiro atoms. The van der Waals surface area contributed by atoms with Crippen LogP contribution in [-0.2, 0) is 22.6 Å². The van der Waals surface area contributed by atoms with Crippen LogP contribution in [0.25, 0.3) is 0 Å². The van der Waals surface area contributed by atoms with Crippen LogP contribution >= 0.6 is 0 Å². The summed E-state index contributed by atoms with van der Waals surface area (Å²) in [7, 11) is 0. The van der Waals surface area contributed by atoms with Crippen LogP contribution < -0.4 is 25.7 Å². The van der Waals surface area contributed by atoms with Gasteiger partial charge in [-0.15, -0.1) is 0 Å². The van der Waals surface area contributed by atoms with Crippen molar-refractivity contribution in [3.05, 3.63) is 82.4 Å². The number of rotatable bonds is 11. The van der Waals surface area contributed by atoms with Crippen molar-refractivity contribution in [2.24, 2.45) is 16.5 Å². The van der Waals surface area contributed by atoms with Gasteiger partial charge in [0, 0.05) is 6.54 Å². The molecule has 0 unspecified atom stereocenters. The van der Waals surface area contributed by atoms with E-state index in [0.717, 1.165) is 4.90 Å². The Morgan fingerprint density at radius 1 is 1.02 bits per heavy atom. The number of fused-ring (bicyclic) bond motifs is 2. The summed E-state index contributed by atoms with van der Waals surface area (Å²) < 4.78 is 17.3. The van der Waals surface area contributed by atoms with Crippen molar-refractivity contribution in [3.63, 3.8) is 0 Å². The predicted molar refractivity (Wildman–Crippen MR) is 170 cm³/mol. The molecule has 3 aromatic rings. The van der Waals surface area contributed by atoms with Gasteiger partial charge in [-0.05, 0) is 86.3 Å². The Labute approximate surface area is 274 Å². The van der Waals surface area contributed by atoms with Gasteiger partial charge in [-0.25, -0.2) is 19.4 Å². The van der Waals surface area contributed by atoms with Crippen LogP contribution in [0, 0.1) is 0 Å². The van der Waals surface area contributed by atoms with Gasteiger partial charge in [-0.3, -0.25) is 9.59 Å². The summed E-state index contributed by atoms with van der Waals surface area (Å²) in [6.07, 6.45) is -0.605. The molecule has 0 bridgehead atoms. The summed E-state index contributed by atoms with van der Waals surface area (Å²) in [5.41, 5.74) is 12.0. The molecule has 0 aromatic heterocycles. The van der Waals surface area contributed by atoms with Crippen molar-refractivity contribution in [1.82, 2.24) is 4.90 Å². The number of carboxylic acids is 3. The molecule has 0 saturated carbocycles. The Bertz CT molecular complexity index is 1780. The Balaban J connectivity index is 1.78. The lowest BCUT2D eigenvalue weighted by Gasteiger charge is -2.29. The third-order valence-electron chi connectivity index (χ3n) is 7.04. The highest BCUT2D eigenvalue weighted by Crippen LogP contribution is 2.35. The molecule has 0 radical (unpaired) electrons. The zero-order chi connectivity index (χ0) is 35.1. The lowest BCUT2D eigenvalue weighted by molar-refractivity contribution is -0.149. The molecule has 0 aliphatic carbocycles. The first-order chi connectivity index (χ1) is 22.7. The zero-order valence-electron chi connectivity index (χ0n) is 26.0. The standard InChI is InChI=1S/C33H34N4O11/c1-17(2)47-22-12-18(11-20(14-22)30(41)42)16-37(25(31(43)44)15-27(38)39)29(40)24-6-3-7-26-28(24)46-10-4-5-19-13-21(36-33(34)35)8-9-23(19)32(45)48-26/h3,6-9,11-14,17,25H,4-5,10,15-16H2,1-2H3,(H,38,39)(H,41,42)(H,43,44)(H4,34,35,36)/t25-/m0/s1. The molecule has 15 nitrogen and oxygen atoms in total. The minimum Gasteiger partial charge on any atom is -0.491 e. The Morgan fingerprint density at radius 3 is 2.42 bits per heavy atom. The molecular weight excluding hydrogens is 628 g/mol. The van der Waals surface area contributed by atoms with E-state index in [1.54, 1.807) is 19.9 Å². The van der Waals surface area contributed by atoms with Gasteiger partial charge in [0.25, 0.3) is 5.91 Å². The quantitative estimate of drug-likeness (QED) is 0.0858. The van der Waals surface area contributed by atoms with E-state index in [2.05, 4.69) is 4.99 Å². The highest BCUT2D eigenvalue weighted by Gasteiger charge is 2.35. The number of aliphatic carboxylic acids is 2. The van der Waals surface area contributed by atoms with Crippen molar-refractivity contribution in [2.75, 3.05) is 6.61 Å². The Hall–Kier alpha value is -6.12. The van der Waals surface area contributed by atoms with Gasteiger partial charge in [-0.1, -0.05) is 6.07 Å². The summed E-state index contributed by atoms with van der Waals surface area (Å²) in [6, 6.07) is 10.8. The number of guanidine groups is 1. The number of para-hydroxylation sites is 1. The normalized spacial score (nSPS) is 13.1. The van der Waals surface area contributed by atoms with E-state index in [1.165, 1.54) is 48.5 Å². The summed E-state index contributed by atoms with van der Waals surface area (Å²) in [5, 5.41) is 29.3. The van der Waals surface area contributed by atoms with E-state index in [9.17, 15) is 39.3 Å². The lowest BCUT2D eigenvalue weighted by atomic mass is 10.0. The fourth-order valence-electron chi connectivity index (χ4n) is 5.10. The molecule has 1 heterocycles. The van der Waals surface area contributed by atoms with E-state index in [1.807, 2.05) is 0 Å². The molecular formula is C33H34N4O11. The summed E-state index contributed by atoms with van der Waals surface area (Å²) in [5.74, 6) is -6.47. The summed E-state index contributed by atoms with van der Waals surface area (Å²) in [4.78, 5) is 68.4. The van der Waals surface area contributed by atoms with E-state index < -0.39 is 48.8 Å². The average molecular weight is 663 g/mol. The second-order valence-electron chi connectivity index (χ2n) is 11.1. The van der Waals surface area contributed by atoms with Gasteiger partial charge >= 0.3 is 23.9 Å². The Kier molecular flexibility index (Phi) is 10.8. The van der Waals surface area contributed by atoms with Gasteiger partial charge in [0.1, 0.15) is 11.8 Å². The third kappa shape index (κ3) is 8.57. The highest BCUT2D eigenvalue weighted by molar-refractivity contribution is 6.01. The third-order valence-corrected chi connectivity index (χ3v) is 7.04. The number of ether oxygens (including phenoxy) is 3. The number of esters is 1. The van der Waals surface area contributed by atoms with Gasteiger partial charge in [0.05, 0.1) is 41.5 Å². The van der Waals surface area contributed by atoms with Crippen molar-refractivity contribution in [2.45, 2.75) is 51.8 Å². The minimum absolute atomic E-state index is 0.0366. The van der Waals surface area contributed by atoms with Gasteiger partial charge in [0.2, 0.25) is 0 Å². The van der Waals surface area contributed by atoms with Crippen molar-refractivity contribution in [3.8, 4) is 17.2 Å². The fraction of sp³-hybridized carbons (Fsp3) is 0.273. The number of hydrogen-bond acceptors (Lipinski definition) is 9. The molecule has 252 valence electrons. The Morgan fingerprint density at radius 2 is 1.77 bits per heavy atom. The molecule has 3 aromatic carbocycles. The number of nitrogens with two attached hydrogens (primary N) is 2. The molecule has 4 rings (SSSR count). The van der Waals surface area contributed by atoms with Gasteiger partial charge < -0.3 is 45.9 Å². The molecule has 48 heavy (non-hydrogen) atoms. The first kappa shape index (κ1) is 34.7. The number of aryl methyl sites for hydroxylation is 1. The molecule has 1 aliphatic rings.